The van der Waals surface area contributed by atoms with E-state index in [2.05, 4.69) is 15.3 Å². The Labute approximate surface area is 145 Å². The van der Waals surface area contributed by atoms with E-state index in [1.54, 1.807) is 0 Å². The summed E-state index contributed by atoms with van der Waals surface area (Å²) < 4.78 is 5.79. The Morgan fingerprint density at radius 3 is 2.40 bits per heavy atom. The summed E-state index contributed by atoms with van der Waals surface area (Å²) in [5.74, 6) is 0.554. The maximum Gasteiger partial charge on any atom is 0.273 e. The van der Waals surface area contributed by atoms with Crippen molar-refractivity contribution >= 4 is 11.7 Å². The molecular formula is C19H18N4O2. The topological polar surface area (TPSA) is 90.1 Å². The molecule has 0 unspecified atom stereocenters. The van der Waals surface area contributed by atoms with Crippen LogP contribution in [0.1, 0.15) is 21.6 Å². The lowest BCUT2D eigenvalue weighted by Gasteiger charge is -2.12. The summed E-state index contributed by atoms with van der Waals surface area (Å²) in [6, 6.07) is 17.4. The number of carbonyl (C=O) groups is 1. The van der Waals surface area contributed by atoms with Gasteiger partial charge in [-0.2, -0.15) is 0 Å². The predicted octanol–water partition coefficient (Wildman–Crippen LogP) is 2.57. The fraction of sp³-hybridized carbons (Fsp3) is 0.105. The van der Waals surface area contributed by atoms with Gasteiger partial charge in [0.05, 0.1) is 0 Å². The van der Waals surface area contributed by atoms with Gasteiger partial charge >= 0.3 is 0 Å². The van der Waals surface area contributed by atoms with Gasteiger partial charge in [0.1, 0.15) is 12.4 Å². The molecule has 0 saturated carbocycles. The van der Waals surface area contributed by atoms with Gasteiger partial charge in [-0.05, 0) is 23.3 Å². The van der Waals surface area contributed by atoms with Gasteiger partial charge in [-0.25, -0.2) is 9.97 Å². The number of carbonyl (C=O) groups excluding carboxylic acids is 1. The van der Waals surface area contributed by atoms with E-state index in [9.17, 15) is 4.79 Å². The Morgan fingerprint density at radius 2 is 1.64 bits per heavy atom. The number of benzene rings is 2. The van der Waals surface area contributed by atoms with Crippen LogP contribution in [0.4, 0.5) is 5.82 Å². The van der Waals surface area contributed by atoms with Crippen LogP contribution in [-0.4, -0.2) is 15.9 Å². The van der Waals surface area contributed by atoms with Crippen molar-refractivity contribution in [1.29, 1.82) is 0 Å². The van der Waals surface area contributed by atoms with E-state index in [-0.39, 0.29) is 17.4 Å². The van der Waals surface area contributed by atoms with Crippen molar-refractivity contribution in [2.45, 2.75) is 13.2 Å². The quantitative estimate of drug-likeness (QED) is 0.723. The largest absolute Gasteiger partial charge is 0.489 e. The van der Waals surface area contributed by atoms with Gasteiger partial charge in [0.2, 0.25) is 0 Å². The molecule has 3 rings (SSSR count). The van der Waals surface area contributed by atoms with E-state index in [1.807, 2.05) is 54.6 Å². The molecule has 25 heavy (non-hydrogen) atoms. The van der Waals surface area contributed by atoms with Gasteiger partial charge in [-0.1, -0.05) is 42.5 Å². The van der Waals surface area contributed by atoms with E-state index in [0.717, 1.165) is 16.9 Å². The van der Waals surface area contributed by atoms with Crippen LogP contribution in [-0.2, 0) is 13.2 Å². The van der Waals surface area contributed by atoms with Crippen molar-refractivity contribution in [3.63, 3.8) is 0 Å². The summed E-state index contributed by atoms with van der Waals surface area (Å²) in [5.41, 5.74) is 7.77. The number of aromatic nitrogens is 2. The summed E-state index contributed by atoms with van der Waals surface area (Å²) >= 11 is 0. The highest BCUT2D eigenvalue weighted by molar-refractivity contribution is 5.96. The van der Waals surface area contributed by atoms with Crippen LogP contribution < -0.4 is 15.8 Å². The fourth-order valence-electron chi connectivity index (χ4n) is 2.33. The van der Waals surface area contributed by atoms with Crippen molar-refractivity contribution in [3.05, 3.63) is 83.8 Å². The third-order valence-corrected chi connectivity index (χ3v) is 3.64. The van der Waals surface area contributed by atoms with Crippen LogP contribution in [0.2, 0.25) is 0 Å². The molecule has 0 fully saturated rings. The molecule has 0 radical (unpaired) electrons. The lowest BCUT2D eigenvalue weighted by atomic mass is 10.1. The zero-order valence-electron chi connectivity index (χ0n) is 13.6. The first-order valence-electron chi connectivity index (χ1n) is 7.83. The number of anilines is 1. The molecule has 0 bridgehead atoms. The van der Waals surface area contributed by atoms with E-state index in [1.165, 1.54) is 12.4 Å². The minimum absolute atomic E-state index is 0.112. The number of ether oxygens (including phenoxy) is 1. The van der Waals surface area contributed by atoms with E-state index >= 15 is 0 Å². The zero-order valence-corrected chi connectivity index (χ0v) is 13.6. The molecule has 0 saturated heterocycles. The van der Waals surface area contributed by atoms with Gasteiger partial charge in [0.15, 0.2) is 11.5 Å². The van der Waals surface area contributed by atoms with Crippen LogP contribution in [0.3, 0.4) is 0 Å². The molecule has 6 heteroatoms. The molecule has 1 aromatic heterocycles. The minimum atomic E-state index is -0.357. The summed E-state index contributed by atoms with van der Waals surface area (Å²) in [4.78, 5) is 20.0. The Balaban J connectivity index is 1.65. The normalized spacial score (nSPS) is 10.2. The molecular weight excluding hydrogens is 316 g/mol. The minimum Gasteiger partial charge on any atom is -0.489 e. The molecule has 6 nitrogen and oxygen atoms in total. The van der Waals surface area contributed by atoms with Crippen LogP contribution in [0.15, 0.2) is 67.0 Å². The van der Waals surface area contributed by atoms with Crippen molar-refractivity contribution in [3.8, 4) is 5.75 Å². The number of nitrogens with one attached hydrogen (secondary N) is 1. The first-order valence-corrected chi connectivity index (χ1v) is 7.83. The Morgan fingerprint density at radius 1 is 0.960 bits per heavy atom. The second kappa shape index (κ2) is 7.92. The number of amides is 1. The monoisotopic (exact) mass is 334 g/mol. The predicted molar refractivity (Wildman–Crippen MR) is 94.8 cm³/mol. The van der Waals surface area contributed by atoms with E-state index < -0.39 is 0 Å². The number of nitrogens with two attached hydrogens (primary N) is 1. The highest BCUT2D eigenvalue weighted by Crippen LogP contribution is 2.15. The standard InChI is InChI=1S/C19H18N4O2/c20-18-17(21-10-11-22-18)19(24)23-12-14-6-4-5-7-15(14)13-25-16-8-2-1-3-9-16/h1-11H,12-13H2,(H2,20,22)(H,23,24). The molecule has 0 aliphatic rings. The van der Waals surface area contributed by atoms with Gasteiger partial charge in [0, 0.05) is 18.9 Å². The SMILES string of the molecule is Nc1nccnc1C(=O)NCc1ccccc1COc1ccccc1. The maximum absolute atomic E-state index is 12.2. The number of rotatable bonds is 6. The lowest BCUT2D eigenvalue weighted by molar-refractivity contribution is 0.0946. The summed E-state index contributed by atoms with van der Waals surface area (Å²) in [6.07, 6.45) is 2.88. The number of nitrogen functional groups attached to an aromatic ring is 1. The first-order chi connectivity index (χ1) is 12.2. The molecule has 3 aromatic rings. The summed E-state index contributed by atoms with van der Waals surface area (Å²) in [6.45, 7) is 0.770. The fourth-order valence-corrected chi connectivity index (χ4v) is 2.33. The van der Waals surface area contributed by atoms with Crippen molar-refractivity contribution in [1.82, 2.24) is 15.3 Å². The Kier molecular flexibility index (Phi) is 5.21. The summed E-state index contributed by atoms with van der Waals surface area (Å²) in [7, 11) is 0. The molecule has 1 amide bonds. The lowest BCUT2D eigenvalue weighted by Crippen LogP contribution is -2.25. The third-order valence-electron chi connectivity index (χ3n) is 3.64. The average Bonchev–Trinajstić information content (AvgIpc) is 2.66. The van der Waals surface area contributed by atoms with Crippen LogP contribution in [0.25, 0.3) is 0 Å². The molecule has 0 aliphatic heterocycles. The number of hydrogen-bond acceptors (Lipinski definition) is 5. The van der Waals surface area contributed by atoms with Gasteiger partial charge in [0.25, 0.3) is 5.91 Å². The number of para-hydroxylation sites is 1. The second-order valence-corrected chi connectivity index (χ2v) is 5.34. The van der Waals surface area contributed by atoms with Crippen LogP contribution in [0.5, 0.6) is 5.75 Å². The van der Waals surface area contributed by atoms with E-state index in [4.69, 9.17) is 10.5 Å². The molecule has 1 heterocycles. The first kappa shape index (κ1) is 16.4. The average molecular weight is 334 g/mol. The summed E-state index contributed by atoms with van der Waals surface area (Å²) in [5, 5.41) is 2.82. The van der Waals surface area contributed by atoms with E-state index in [0.29, 0.717) is 13.2 Å². The molecule has 126 valence electrons. The highest BCUT2D eigenvalue weighted by Gasteiger charge is 2.12. The zero-order chi connectivity index (χ0) is 17.5. The third kappa shape index (κ3) is 4.32. The highest BCUT2D eigenvalue weighted by atomic mass is 16.5. The Bertz CT molecular complexity index is 853. The molecule has 2 aromatic carbocycles. The van der Waals surface area contributed by atoms with Crippen LogP contribution >= 0.6 is 0 Å². The van der Waals surface area contributed by atoms with Crippen LogP contribution in [0, 0.1) is 0 Å². The number of hydrogen-bond donors (Lipinski definition) is 2. The van der Waals surface area contributed by atoms with Crippen molar-refractivity contribution in [2.24, 2.45) is 0 Å². The molecule has 0 aliphatic carbocycles. The van der Waals surface area contributed by atoms with Gasteiger partial charge < -0.3 is 15.8 Å². The van der Waals surface area contributed by atoms with Gasteiger partial charge in [-0.3, -0.25) is 4.79 Å². The Hall–Kier alpha value is -3.41. The molecule has 0 atom stereocenters. The van der Waals surface area contributed by atoms with Gasteiger partial charge in [-0.15, -0.1) is 0 Å². The molecule has 3 N–H and O–H groups in total. The smallest absolute Gasteiger partial charge is 0.273 e. The molecule has 0 spiro atoms. The second-order valence-electron chi connectivity index (χ2n) is 5.34. The maximum atomic E-state index is 12.2. The number of nitrogens with zero attached hydrogens (tertiary/aromatic N) is 2. The van der Waals surface area contributed by atoms with Crippen molar-refractivity contribution < 1.29 is 9.53 Å². The van der Waals surface area contributed by atoms with Crippen molar-refractivity contribution in [2.75, 3.05) is 5.73 Å².